The predicted molar refractivity (Wildman–Crippen MR) is 81.9 cm³/mol. The Morgan fingerprint density at radius 3 is 2.71 bits per heavy atom. The van der Waals surface area contributed by atoms with Crippen LogP contribution in [0.25, 0.3) is 0 Å². The summed E-state index contributed by atoms with van der Waals surface area (Å²) in [4.78, 5) is 14.1. The molecule has 0 atom stereocenters. The van der Waals surface area contributed by atoms with Gasteiger partial charge in [0.05, 0.1) is 17.7 Å². The molecule has 21 heavy (non-hydrogen) atoms. The predicted octanol–water partition coefficient (Wildman–Crippen LogP) is 3.31. The van der Waals surface area contributed by atoms with Crippen LogP contribution in [0, 0.1) is 5.41 Å². The van der Waals surface area contributed by atoms with Crippen molar-refractivity contribution in [2.75, 3.05) is 24.6 Å². The summed E-state index contributed by atoms with van der Waals surface area (Å²) in [5.74, 6) is 0.246. The highest BCUT2D eigenvalue weighted by Crippen LogP contribution is 2.40. The number of hydrogen-bond donors (Lipinski definition) is 1. The summed E-state index contributed by atoms with van der Waals surface area (Å²) in [5.41, 5.74) is 0.455. The zero-order chi connectivity index (χ0) is 14.7. The molecule has 1 aromatic carbocycles. The molecule has 1 aromatic rings. The average molecular weight is 289 g/mol. The SMILES string of the molecule is O=C(O)C1(CN2CCCOc3ccccc32)CCCCC1. The lowest BCUT2D eigenvalue weighted by Gasteiger charge is -2.38. The van der Waals surface area contributed by atoms with Crippen molar-refractivity contribution in [2.24, 2.45) is 5.41 Å². The first-order chi connectivity index (χ1) is 10.2. The van der Waals surface area contributed by atoms with Crippen LogP contribution in [0.3, 0.4) is 0 Å². The van der Waals surface area contributed by atoms with Crippen molar-refractivity contribution in [3.63, 3.8) is 0 Å². The maximum atomic E-state index is 11.9. The van der Waals surface area contributed by atoms with E-state index < -0.39 is 11.4 Å². The molecular formula is C17H23NO3. The van der Waals surface area contributed by atoms with E-state index in [9.17, 15) is 9.90 Å². The molecule has 0 aromatic heterocycles. The van der Waals surface area contributed by atoms with Crippen LogP contribution in [0.2, 0.25) is 0 Å². The van der Waals surface area contributed by atoms with E-state index in [0.29, 0.717) is 13.2 Å². The summed E-state index contributed by atoms with van der Waals surface area (Å²) in [6.45, 7) is 2.17. The molecule has 1 N–H and O–H groups in total. The van der Waals surface area contributed by atoms with Crippen molar-refractivity contribution in [1.82, 2.24) is 0 Å². The van der Waals surface area contributed by atoms with Crippen molar-refractivity contribution in [2.45, 2.75) is 38.5 Å². The number of benzene rings is 1. The molecule has 0 saturated heterocycles. The van der Waals surface area contributed by atoms with Crippen molar-refractivity contribution in [3.05, 3.63) is 24.3 Å². The van der Waals surface area contributed by atoms with Gasteiger partial charge in [0.2, 0.25) is 0 Å². The van der Waals surface area contributed by atoms with Gasteiger partial charge in [-0.25, -0.2) is 0 Å². The highest BCUT2D eigenvalue weighted by Gasteiger charge is 2.41. The fraction of sp³-hybridized carbons (Fsp3) is 0.588. The van der Waals surface area contributed by atoms with Gasteiger partial charge in [-0.05, 0) is 31.4 Å². The summed E-state index contributed by atoms with van der Waals surface area (Å²) in [5, 5.41) is 9.78. The van der Waals surface area contributed by atoms with Gasteiger partial charge in [-0.3, -0.25) is 4.79 Å². The van der Waals surface area contributed by atoms with Crippen LogP contribution >= 0.6 is 0 Å². The van der Waals surface area contributed by atoms with Gasteiger partial charge in [-0.15, -0.1) is 0 Å². The molecule has 0 unspecified atom stereocenters. The smallest absolute Gasteiger partial charge is 0.311 e. The van der Waals surface area contributed by atoms with E-state index in [0.717, 1.165) is 56.5 Å². The minimum atomic E-state index is -0.634. The second-order valence-electron chi connectivity index (χ2n) is 6.24. The van der Waals surface area contributed by atoms with Gasteiger partial charge in [0.25, 0.3) is 0 Å². The van der Waals surface area contributed by atoms with Gasteiger partial charge < -0.3 is 14.7 Å². The third kappa shape index (κ3) is 2.85. The van der Waals surface area contributed by atoms with E-state index >= 15 is 0 Å². The Morgan fingerprint density at radius 2 is 1.95 bits per heavy atom. The summed E-state index contributed by atoms with van der Waals surface area (Å²) >= 11 is 0. The summed E-state index contributed by atoms with van der Waals surface area (Å²) in [6.07, 6.45) is 5.74. The summed E-state index contributed by atoms with van der Waals surface area (Å²) in [6, 6.07) is 7.98. The maximum absolute atomic E-state index is 11.9. The van der Waals surface area contributed by atoms with Crippen LogP contribution in [0.4, 0.5) is 5.69 Å². The van der Waals surface area contributed by atoms with Gasteiger partial charge in [-0.1, -0.05) is 31.4 Å². The Morgan fingerprint density at radius 1 is 1.19 bits per heavy atom. The molecule has 0 spiro atoms. The fourth-order valence-electron chi connectivity index (χ4n) is 3.60. The van der Waals surface area contributed by atoms with E-state index in [-0.39, 0.29) is 0 Å². The third-order valence-corrected chi connectivity index (χ3v) is 4.79. The van der Waals surface area contributed by atoms with Gasteiger partial charge in [0.15, 0.2) is 0 Å². The number of para-hydroxylation sites is 2. The van der Waals surface area contributed by atoms with E-state index in [1.54, 1.807) is 0 Å². The lowest BCUT2D eigenvalue weighted by molar-refractivity contribution is -0.150. The average Bonchev–Trinajstić information content (AvgIpc) is 2.71. The highest BCUT2D eigenvalue weighted by atomic mass is 16.5. The molecule has 1 heterocycles. The Labute approximate surface area is 125 Å². The van der Waals surface area contributed by atoms with Gasteiger partial charge in [-0.2, -0.15) is 0 Å². The Kier molecular flexibility index (Phi) is 4.04. The second kappa shape index (κ2) is 5.96. The van der Waals surface area contributed by atoms with Crippen molar-refractivity contribution in [1.29, 1.82) is 0 Å². The number of ether oxygens (including phenoxy) is 1. The normalized spacial score (nSPS) is 21.0. The Bertz CT molecular complexity index is 509. The fourth-order valence-corrected chi connectivity index (χ4v) is 3.60. The Hall–Kier alpha value is -1.71. The zero-order valence-corrected chi connectivity index (χ0v) is 12.4. The number of nitrogens with zero attached hydrogens (tertiary/aromatic N) is 1. The molecular weight excluding hydrogens is 266 g/mol. The van der Waals surface area contributed by atoms with E-state index in [1.807, 2.05) is 24.3 Å². The van der Waals surface area contributed by atoms with Crippen molar-refractivity contribution < 1.29 is 14.6 Å². The first-order valence-corrected chi connectivity index (χ1v) is 7.91. The Balaban J connectivity index is 1.87. The molecule has 0 bridgehead atoms. The van der Waals surface area contributed by atoms with Crippen LogP contribution in [0.5, 0.6) is 5.75 Å². The minimum Gasteiger partial charge on any atom is -0.491 e. The molecule has 0 amide bonds. The van der Waals surface area contributed by atoms with E-state index in [1.165, 1.54) is 0 Å². The van der Waals surface area contributed by atoms with Crippen molar-refractivity contribution in [3.8, 4) is 5.75 Å². The van der Waals surface area contributed by atoms with E-state index in [2.05, 4.69) is 4.90 Å². The number of carbonyl (C=O) groups is 1. The molecule has 1 fully saturated rings. The number of aliphatic carboxylic acids is 1. The first kappa shape index (κ1) is 14.2. The van der Waals surface area contributed by atoms with Gasteiger partial charge in [0.1, 0.15) is 5.75 Å². The molecule has 4 heteroatoms. The largest absolute Gasteiger partial charge is 0.491 e. The highest BCUT2D eigenvalue weighted by molar-refractivity contribution is 5.76. The standard InChI is InChI=1S/C17H23NO3/c19-16(20)17(9-4-1-5-10-17)13-18-11-6-12-21-15-8-3-2-7-14(15)18/h2-3,7-8H,1,4-6,9-13H2,(H,19,20). The number of fused-ring (bicyclic) bond motifs is 1. The van der Waals surface area contributed by atoms with E-state index in [4.69, 9.17) is 4.74 Å². The number of carboxylic acids is 1. The molecule has 1 aliphatic carbocycles. The maximum Gasteiger partial charge on any atom is 0.311 e. The van der Waals surface area contributed by atoms with Crippen LogP contribution in [0.15, 0.2) is 24.3 Å². The van der Waals surface area contributed by atoms with Crippen LogP contribution in [-0.4, -0.2) is 30.8 Å². The molecule has 0 radical (unpaired) electrons. The zero-order valence-electron chi connectivity index (χ0n) is 12.4. The number of hydrogen-bond acceptors (Lipinski definition) is 3. The molecule has 114 valence electrons. The number of rotatable bonds is 3. The molecule has 1 saturated carbocycles. The molecule has 2 aliphatic rings. The minimum absolute atomic E-state index is 0.588. The van der Waals surface area contributed by atoms with Crippen LogP contribution < -0.4 is 9.64 Å². The van der Waals surface area contributed by atoms with Crippen LogP contribution in [0.1, 0.15) is 38.5 Å². The first-order valence-electron chi connectivity index (χ1n) is 7.91. The lowest BCUT2D eigenvalue weighted by atomic mass is 9.73. The number of anilines is 1. The van der Waals surface area contributed by atoms with Gasteiger partial charge in [0, 0.05) is 13.1 Å². The summed E-state index contributed by atoms with van der Waals surface area (Å²) < 4.78 is 5.77. The molecule has 3 rings (SSSR count). The number of carboxylic acid groups (broad SMARTS) is 1. The molecule has 4 nitrogen and oxygen atoms in total. The van der Waals surface area contributed by atoms with Crippen molar-refractivity contribution >= 4 is 11.7 Å². The second-order valence-corrected chi connectivity index (χ2v) is 6.24. The quantitative estimate of drug-likeness (QED) is 0.927. The topological polar surface area (TPSA) is 49.8 Å². The molecule has 1 aliphatic heterocycles. The van der Waals surface area contributed by atoms with Crippen LogP contribution in [-0.2, 0) is 4.79 Å². The lowest BCUT2D eigenvalue weighted by Crippen LogP contribution is -2.45. The monoisotopic (exact) mass is 289 g/mol. The van der Waals surface area contributed by atoms with Gasteiger partial charge >= 0.3 is 5.97 Å². The summed E-state index contributed by atoms with van der Waals surface area (Å²) in [7, 11) is 0. The third-order valence-electron chi connectivity index (χ3n) is 4.79.